The Balaban J connectivity index is 1.58. The fraction of sp³-hybridized carbons (Fsp3) is 0. The van der Waals surface area contributed by atoms with Gasteiger partial charge < -0.3 is 10.1 Å². The quantitative estimate of drug-likeness (QED) is 0.586. The summed E-state index contributed by atoms with van der Waals surface area (Å²) in [4.78, 5) is 12.3. The zero-order valence-corrected chi connectivity index (χ0v) is 13.0. The molecule has 0 aliphatic carbocycles. The second-order valence-corrected chi connectivity index (χ2v) is 5.29. The van der Waals surface area contributed by atoms with Gasteiger partial charge in [-0.3, -0.25) is 15.1 Å². The summed E-state index contributed by atoms with van der Waals surface area (Å²) in [6, 6.07) is 9.09. The first-order chi connectivity index (χ1) is 11.8. The van der Waals surface area contributed by atoms with Crippen molar-refractivity contribution in [1.82, 2.24) is 25.1 Å². The Kier molecular flexibility index (Phi) is 3.68. The van der Waals surface area contributed by atoms with Crippen LogP contribution in [0, 0.1) is 0 Å². The summed E-state index contributed by atoms with van der Waals surface area (Å²) in [5.41, 5.74) is 2.38. The van der Waals surface area contributed by atoms with Crippen molar-refractivity contribution in [2.24, 2.45) is 0 Å². The Bertz CT molecular complexity index is 988. The highest BCUT2D eigenvalue weighted by atomic mass is 35.5. The lowest BCUT2D eigenvalue weighted by atomic mass is 10.3. The van der Waals surface area contributed by atoms with Gasteiger partial charge in [-0.25, -0.2) is 4.98 Å². The van der Waals surface area contributed by atoms with Crippen LogP contribution in [0.1, 0.15) is 0 Å². The number of pyridine rings is 1. The number of aromatic amines is 1. The molecule has 0 atom stereocenters. The first-order valence-electron chi connectivity index (χ1n) is 7.09. The number of rotatable bonds is 4. The molecule has 0 saturated carbocycles. The van der Waals surface area contributed by atoms with Gasteiger partial charge in [-0.1, -0.05) is 11.6 Å². The number of aromatic nitrogens is 5. The molecule has 3 heterocycles. The van der Waals surface area contributed by atoms with E-state index < -0.39 is 0 Å². The molecular weight excluding hydrogens is 328 g/mol. The second kappa shape index (κ2) is 6.13. The van der Waals surface area contributed by atoms with Gasteiger partial charge >= 0.3 is 0 Å². The van der Waals surface area contributed by atoms with Crippen molar-refractivity contribution in [3.8, 4) is 11.6 Å². The summed E-state index contributed by atoms with van der Waals surface area (Å²) in [7, 11) is 0. The molecule has 0 fully saturated rings. The van der Waals surface area contributed by atoms with Gasteiger partial charge in [0.15, 0.2) is 5.82 Å². The molecule has 4 rings (SSSR count). The Hall–Kier alpha value is -3.19. The molecule has 1 aromatic carbocycles. The maximum absolute atomic E-state index is 6.28. The highest BCUT2D eigenvalue weighted by Gasteiger charge is 2.09. The van der Waals surface area contributed by atoms with E-state index in [2.05, 4.69) is 30.5 Å². The van der Waals surface area contributed by atoms with E-state index in [9.17, 15) is 0 Å². The van der Waals surface area contributed by atoms with Crippen molar-refractivity contribution >= 4 is 34.1 Å². The van der Waals surface area contributed by atoms with Crippen LogP contribution in [0.25, 0.3) is 11.0 Å². The third-order valence-corrected chi connectivity index (χ3v) is 3.56. The minimum Gasteiger partial charge on any atom is -0.436 e. The third kappa shape index (κ3) is 2.84. The summed E-state index contributed by atoms with van der Waals surface area (Å²) in [5.74, 6) is 1.50. The van der Waals surface area contributed by atoms with E-state index in [1.165, 1.54) is 6.20 Å². The van der Waals surface area contributed by atoms with Gasteiger partial charge in [-0.2, -0.15) is 5.10 Å². The number of hydrogen-bond donors (Lipinski definition) is 2. The predicted molar refractivity (Wildman–Crippen MR) is 90.7 cm³/mol. The molecule has 8 heteroatoms. The van der Waals surface area contributed by atoms with Gasteiger partial charge in [0.05, 0.1) is 16.7 Å². The zero-order chi connectivity index (χ0) is 16.4. The highest BCUT2D eigenvalue weighted by Crippen LogP contribution is 2.32. The number of nitrogens with zero attached hydrogens (tertiary/aromatic N) is 4. The van der Waals surface area contributed by atoms with Gasteiger partial charge in [-0.05, 0) is 30.3 Å². The smallest absolute Gasteiger partial charge is 0.237 e. The van der Waals surface area contributed by atoms with Crippen molar-refractivity contribution in [2.45, 2.75) is 0 Å². The molecule has 24 heavy (non-hydrogen) atoms. The molecule has 0 unspecified atom stereocenters. The average Bonchev–Trinajstić information content (AvgIpc) is 3.01. The van der Waals surface area contributed by atoms with E-state index in [-0.39, 0.29) is 0 Å². The van der Waals surface area contributed by atoms with Crippen molar-refractivity contribution < 1.29 is 4.74 Å². The molecule has 0 spiro atoms. The van der Waals surface area contributed by atoms with Crippen LogP contribution in [-0.2, 0) is 0 Å². The van der Waals surface area contributed by atoms with Crippen molar-refractivity contribution in [3.63, 3.8) is 0 Å². The van der Waals surface area contributed by atoms with Crippen molar-refractivity contribution in [3.05, 3.63) is 60.1 Å². The van der Waals surface area contributed by atoms with Crippen LogP contribution >= 0.6 is 11.6 Å². The van der Waals surface area contributed by atoms with Crippen LogP contribution in [0.4, 0.5) is 11.5 Å². The summed E-state index contributed by atoms with van der Waals surface area (Å²) < 4.78 is 5.60. The van der Waals surface area contributed by atoms with Gasteiger partial charge in [0.1, 0.15) is 11.3 Å². The molecule has 4 aromatic rings. The van der Waals surface area contributed by atoms with E-state index in [1.807, 2.05) is 18.2 Å². The lowest BCUT2D eigenvalue weighted by Crippen LogP contribution is -1.94. The van der Waals surface area contributed by atoms with Gasteiger partial charge in [0, 0.05) is 24.3 Å². The number of ether oxygens (including phenoxy) is 1. The van der Waals surface area contributed by atoms with E-state index in [1.54, 1.807) is 30.7 Å². The first-order valence-corrected chi connectivity index (χ1v) is 7.47. The lowest BCUT2D eigenvalue weighted by molar-refractivity contribution is 0.460. The maximum atomic E-state index is 6.28. The van der Waals surface area contributed by atoms with Crippen LogP contribution in [0.3, 0.4) is 0 Å². The van der Waals surface area contributed by atoms with Gasteiger partial charge in [0.2, 0.25) is 5.88 Å². The molecule has 3 aromatic heterocycles. The molecule has 0 radical (unpaired) electrons. The van der Waals surface area contributed by atoms with Crippen LogP contribution in [-0.4, -0.2) is 25.1 Å². The molecule has 0 aliphatic rings. The number of halogens is 1. The molecule has 0 bridgehead atoms. The molecule has 118 valence electrons. The van der Waals surface area contributed by atoms with E-state index in [4.69, 9.17) is 16.3 Å². The summed E-state index contributed by atoms with van der Waals surface area (Å²) in [5, 5.41) is 10.8. The number of benzene rings is 1. The van der Waals surface area contributed by atoms with Crippen LogP contribution in [0.5, 0.6) is 11.6 Å². The van der Waals surface area contributed by atoms with Crippen LogP contribution in [0.15, 0.2) is 55.1 Å². The Morgan fingerprint density at radius 1 is 1.08 bits per heavy atom. The van der Waals surface area contributed by atoms with Crippen molar-refractivity contribution in [2.75, 3.05) is 5.32 Å². The van der Waals surface area contributed by atoms with E-state index in [0.717, 1.165) is 16.7 Å². The number of anilines is 2. The topological polar surface area (TPSA) is 88.6 Å². The van der Waals surface area contributed by atoms with Crippen LogP contribution < -0.4 is 10.1 Å². The predicted octanol–water partition coefficient (Wildman–Crippen LogP) is 3.94. The summed E-state index contributed by atoms with van der Waals surface area (Å²) in [6.07, 6.45) is 6.36. The molecule has 0 aliphatic heterocycles. The molecule has 0 saturated heterocycles. The summed E-state index contributed by atoms with van der Waals surface area (Å²) >= 11 is 6.28. The monoisotopic (exact) mass is 338 g/mol. The highest BCUT2D eigenvalue weighted by molar-refractivity contribution is 6.32. The fourth-order valence-corrected chi connectivity index (χ4v) is 2.41. The normalized spacial score (nSPS) is 10.7. The van der Waals surface area contributed by atoms with E-state index in [0.29, 0.717) is 22.5 Å². The minimum absolute atomic E-state index is 0.377. The number of hydrogen-bond acceptors (Lipinski definition) is 6. The summed E-state index contributed by atoms with van der Waals surface area (Å²) in [6.45, 7) is 0. The molecule has 2 N–H and O–H groups in total. The zero-order valence-electron chi connectivity index (χ0n) is 12.3. The number of H-pyrrole nitrogens is 1. The van der Waals surface area contributed by atoms with Crippen molar-refractivity contribution in [1.29, 1.82) is 0 Å². The molecule has 7 nitrogen and oxygen atoms in total. The Morgan fingerprint density at radius 3 is 2.88 bits per heavy atom. The molecule has 0 amide bonds. The minimum atomic E-state index is 0.377. The maximum Gasteiger partial charge on any atom is 0.237 e. The van der Waals surface area contributed by atoms with Crippen LogP contribution in [0.2, 0.25) is 5.02 Å². The third-order valence-electron chi connectivity index (χ3n) is 3.27. The lowest BCUT2D eigenvalue weighted by Gasteiger charge is -2.08. The Labute approximate surface area is 141 Å². The second-order valence-electron chi connectivity index (χ2n) is 4.89. The Morgan fingerprint density at radius 2 is 2.04 bits per heavy atom. The van der Waals surface area contributed by atoms with Gasteiger partial charge in [0.25, 0.3) is 0 Å². The fourth-order valence-electron chi connectivity index (χ4n) is 2.19. The largest absolute Gasteiger partial charge is 0.436 e. The standard InChI is InChI=1S/C16H11ClN6O/c17-11-8-10(3-4-13(11)24-14-9-18-6-7-19-14)21-16-15-12(22-23-16)2-1-5-20-15/h1-9H,(H2,21,22,23). The number of nitrogens with one attached hydrogen (secondary N) is 2. The average molecular weight is 339 g/mol. The van der Waals surface area contributed by atoms with Gasteiger partial charge in [-0.15, -0.1) is 0 Å². The SMILES string of the molecule is Clc1cc(Nc2n[nH]c3cccnc23)ccc1Oc1cnccn1. The van der Waals surface area contributed by atoms with E-state index >= 15 is 0 Å². The number of fused-ring (bicyclic) bond motifs is 1. The first kappa shape index (κ1) is 14.4. The molecular formula is C16H11ClN6O.